The molecule has 0 bridgehead atoms. The normalized spacial score (nSPS) is 11.1. The lowest BCUT2D eigenvalue weighted by atomic mass is 10.2. The highest BCUT2D eigenvalue weighted by molar-refractivity contribution is 7.98. The van der Waals surface area contributed by atoms with E-state index in [2.05, 4.69) is 30.4 Å². The molecule has 0 radical (unpaired) electrons. The fourth-order valence-corrected chi connectivity index (χ4v) is 5.95. The van der Waals surface area contributed by atoms with E-state index in [4.69, 9.17) is 9.47 Å². The van der Waals surface area contributed by atoms with E-state index in [1.54, 1.807) is 11.8 Å². The van der Waals surface area contributed by atoms with E-state index in [-0.39, 0.29) is 16.3 Å². The smallest absolute Gasteiger partial charge is 0.264 e. The van der Waals surface area contributed by atoms with Gasteiger partial charge in [-0.2, -0.15) is 11.8 Å². The van der Waals surface area contributed by atoms with Gasteiger partial charge < -0.3 is 14.8 Å². The molecule has 0 atom stereocenters. The summed E-state index contributed by atoms with van der Waals surface area (Å²) in [5.74, 6) is 1.36. The number of carbonyl (C=O) groups excluding carboxylic acids is 1. The molecule has 198 valence electrons. The second-order valence-electron chi connectivity index (χ2n) is 8.25. The number of hydrogen-bond acceptors (Lipinski definition) is 6. The fraction of sp³-hybridized carbons (Fsp3) is 0.296. The molecule has 0 aliphatic rings. The van der Waals surface area contributed by atoms with Gasteiger partial charge in [0.15, 0.2) is 11.5 Å². The molecular formula is C27H31FN2O5S2. The average Bonchev–Trinajstić information content (AvgIpc) is 2.89. The molecule has 37 heavy (non-hydrogen) atoms. The van der Waals surface area contributed by atoms with Crippen molar-refractivity contribution in [2.75, 3.05) is 37.4 Å². The second kappa shape index (κ2) is 13.3. The summed E-state index contributed by atoms with van der Waals surface area (Å²) in [5, 5.41) is 2.79. The zero-order valence-electron chi connectivity index (χ0n) is 21.1. The van der Waals surface area contributed by atoms with Crippen LogP contribution in [0.3, 0.4) is 0 Å². The number of carbonyl (C=O) groups is 1. The molecule has 0 fully saturated rings. The number of amides is 1. The van der Waals surface area contributed by atoms with Gasteiger partial charge in [0.1, 0.15) is 12.4 Å². The quantitative estimate of drug-likeness (QED) is 0.311. The van der Waals surface area contributed by atoms with Gasteiger partial charge in [-0.3, -0.25) is 9.10 Å². The first-order valence-corrected chi connectivity index (χ1v) is 14.2. The van der Waals surface area contributed by atoms with Crippen LogP contribution in [-0.2, 0) is 20.6 Å². The van der Waals surface area contributed by atoms with E-state index in [0.29, 0.717) is 12.3 Å². The monoisotopic (exact) mass is 546 g/mol. The minimum Gasteiger partial charge on any atom is -0.493 e. The number of methoxy groups -OCH3 is 2. The third-order valence-corrected chi connectivity index (χ3v) is 8.37. The topological polar surface area (TPSA) is 84.9 Å². The van der Waals surface area contributed by atoms with Gasteiger partial charge >= 0.3 is 0 Å². The molecule has 0 unspecified atom stereocenters. The Morgan fingerprint density at radius 1 is 1.00 bits per heavy atom. The lowest BCUT2D eigenvalue weighted by molar-refractivity contribution is -0.119. The Bertz CT molecular complexity index is 1300. The molecule has 0 saturated heterocycles. The number of halogens is 1. The molecule has 0 spiro atoms. The molecule has 3 rings (SSSR count). The van der Waals surface area contributed by atoms with E-state index < -0.39 is 28.3 Å². The molecule has 0 aromatic heterocycles. The van der Waals surface area contributed by atoms with Crippen LogP contribution in [0.2, 0.25) is 0 Å². The summed E-state index contributed by atoms with van der Waals surface area (Å²) < 4.78 is 52.0. The number of nitrogens with zero attached hydrogens (tertiary/aromatic N) is 1. The number of rotatable bonds is 13. The van der Waals surface area contributed by atoms with E-state index in [1.165, 1.54) is 55.7 Å². The summed E-state index contributed by atoms with van der Waals surface area (Å²) in [6.45, 7) is 2.01. The molecule has 0 saturated carbocycles. The van der Waals surface area contributed by atoms with Crippen LogP contribution in [-0.4, -0.2) is 47.4 Å². The highest BCUT2D eigenvalue weighted by Crippen LogP contribution is 2.32. The van der Waals surface area contributed by atoms with Crippen LogP contribution in [0.15, 0.2) is 71.6 Å². The second-order valence-corrected chi connectivity index (χ2v) is 11.2. The van der Waals surface area contributed by atoms with Crippen molar-refractivity contribution in [1.82, 2.24) is 5.32 Å². The van der Waals surface area contributed by atoms with Crippen molar-refractivity contribution in [3.8, 4) is 11.5 Å². The van der Waals surface area contributed by atoms with E-state index in [9.17, 15) is 17.6 Å². The van der Waals surface area contributed by atoms with Crippen LogP contribution in [0.25, 0.3) is 0 Å². The highest BCUT2D eigenvalue weighted by Gasteiger charge is 2.28. The predicted octanol–water partition coefficient (Wildman–Crippen LogP) is 4.79. The number of thioether (sulfide) groups is 1. The highest BCUT2D eigenvalue weighted by atomic mass is 32.2. The molecule has 3 aromatic carbocycles. The summed E-state index contributed by atoms with van der Waals surface area (Å²) >= 11 is 1.77. The van der Waals surface area contributed by atoms with Crippen LogP contribution in [0.5, 0.6) is 11.5 Å². The van der Waals surface area contributed by atoms with E-state index in [1.807, 2.05) is 6.07 Å². The van der Waals surface area contributed by atoms with Crippen LogP contribution < -0.4 is 19.1 Å². The first-order chi connectivity index (χ1) is 17.7. The molecule has 0 aliphatic heterocycles. The van der Waals surface area contributed by atoms with Crippen LogP contribution in [0.1, 0.15) is 17.5 Å². The Kier molecular flexibility index (Phi) is 10.2. The van der Waals surface area contributed by atoms with Crippen LogP contribution in [0.4, 0.5) is 10.1 Å². The van der Waals surface area contributed by atoms with Crippen molar-refractivity contribution in [2.24, 2.45) is 0 Å². The van der Waals surface area contributed by atoms with Crippen molar-refractivity contribution < 1.29 is 27.1 Å². The van der Waals surface area contributed by atoms with Crippen molar-refractivity contribution in [3.05, 3.63) is 83.7 Å². The zero-order valence-corrected chi connectivity index (χ0v) is 22.7. The molecule has 3 aromatic rings. The first kappa shape index (κ1) is 28.3. The van der Waals surface area contributed by atoms with Gasteiger partial charge in [-0.15, -0.1) is 0 Å². The maximum absolute atomic E-state index is 13.5. The molecule has 7 nitrogen and oxygen atoms in total. The number of anilines is 1. The number of nitrogens with one attached hydrogen (secondary N) is 1. The summed E-state index contributed by atoms with van der Waals surface area (Å²) in [5.41, 5.74) is 2.64. The Balaban J connectivity index is 1.65. The summed E-state index contributed by atoms with van der Waals surface area (Å²) in [6, 6.07) is 17.5. The van der Waals surface area contributed by atoms with E-state index in [0.717, 1.165) is 34.4 Å². The number of benzene rings is 3. The molecule has 1 amide bonds. The van der Waals surface area contributed by atoms with E-state index >= 15 is 0 Å². The first-order valence-electron chi connectivity index (χ1n) is 11.6. The van der Waals surface area contributed by atoms with Gasteiger partial charge in [0.2, 0.25) is 5.91 Å². The molecule has 0 heterocycles. The standard InChI is InChI=1S/C27H31FN2O5S2/c1-20-6-4-7-21(16-20)19-36-15-5-14-29-27(31)18-30(23-10-8-22(28)9-11-23)37(32,33)24-12-13-25(34-2)26(17-24)35-3/h4,6-13,16-17H,5,14-15,18-19H2,1-3H3,(H,29,31). The molecule has 0 aliphatic carbocycles. The third-order valence-electron chi connectivity index (χ3n) is 5.48. The van der Waals surface area contributed by atoms with Gasteiger partial charge in [-0.25, -0.2) is 12.8 Å². The van der Waals surface area contributed by atoms with Crippen molar-refractivity contribution >= 4 is 33.4 Å². The van der Waals surface area contributed by atoms with Gasteiger partial charge in [0.05, 0.1) is 24.8 Å². The summed E-state index contributed by atoms with van der Waals surface area (Å²) in [6.07, 6.45) is 0.737. The molecule has 1 N–H and O–H groups in total. The summed E-state index contributed by atoms with van der Waals surface area (Å²) in [4.78, 5) is 12.7. The fourth-order valence-electron chi connectivity index (χ4n) is 3.61. The van der Waals surface area contributed by atoms with Crippen molar-refractivity contribution in [1.29, 1.82) is 0 Å². The average molecular weight is 547 g/mol. The van der Waals surface area contributed by atoms with Crippen LogP contribution >= 0.6 is 11.8 Å². The van der Waals surface area contributed by atoms with Gasteiger partial charge in [-0.1, -0.05) is 29.8 Å². The van der Waals surface area contributed by atoms with Crippen molar-refractivity contribution in [2.45, 2.75) is 24.0 Å². The minimum absolute atomic E-state index is 0.0881. The number of hydrogen-bond donors (Lipinski definition) is 1. The Morgan fingerprint density at radius 3 is 2.41 bits per heavy atom. The van der Waals surface area contributed by atoms with Gasteiger partial charge in [0, 0.05) is 18.4 Å². The number of sulfonamides is 1. The van der Waals surface area contributed by atoms with Gasteiger partial charge in [-0.05, 0) is 61.1 Å². The Hall–Kier alpha value is -3.24. The predicted molar refractivity (Wildman–Crippen MR) is 145 cm³/mol. The van der Waals surface area contributed by atoms with Crippen LogP contribution in [0, 0.1) is 12.7 Å². The Morgan fingerprint density at radius 2 is 1.73 bits per heavy atom. The largest absolute Gasteiger partial charge is 0.493 e. The SMILES string of the molecule is COc1ccc(S(=O)(=O)N(CC(=O)NCCCSCc2cccc(C)c2)c2ccc(F)cc2)cc1OC. The van der Waals surface area contributed by atoms with Gasteiger partial charge in [0.25, 0.3) is 10.0 Å². The minimum atomic E-state index is -4.18. The molecule has 10 heteroatoms. The van der Waals surface area contributed by atoms with Crippen molar-refractivity contribution in [3.63, 3.8) is 0 Å². The lowest BCUT2D eigenvalue weighted by Gasteiger charge is -2.24. The summed E-state index contributed by atoms with van der Waals surface area (Å²) in [7, 11) is -1.33. The maximum atomic E-state index is 13.5. The number of ether oxygens (including phenoxy) is 2. The maximum Gasteiger partial charge on any atom is 0.264 e. The number of aryl methyl sites for hydroxylation is 1. The molecular weight excluding hydrogens is 515 g/mol. The lowest BCUT2D eigenvalue weighted by Crippen LogP contribution is -2.41. The Labute approximate surface area is 222 Å². The zero-order chi connectivity index (χ0) is 26.8. The third kappa shape index (κ3) is 7.87.